The molecule has 3 atom stereocenters. The Morgan fingerprint density at radius 3 is 2.77 bits per heavy atom. The van der Waals surface area contributed by atoms with Crippen molar-refractivity contribution >= 4 is 0 Å². The predicted octanol–water partition coefficient (Wildman–Crippen LogP) is 1.89. The summed E-state index contributed by atoms with van der Waals surface area (Å²) in [5, 5.41) is 3.60. The summed E-state index contributed by atoms with van der Waals surface area (Å²) in [6, 6.07) is 1.17. The van der Waals surface area contributed by atoms with Crippen LogP contribution in [0.25, 0.3) is 0 Å². The second-order valence-electron chi connectivity index (χ2n) is 4.53. The Morgan fingerprint density at radius 1 is 1.46 bits per heavy atom. The third kappa shape index (κ3) is 4.10. The van der Waals surface area contributed by atoms with Crippen molar-refractivity contribution in [2.45, 2.75) is 58.0 Å². The first kappa shape index (κ1) is 11.0. The van der Waals surface area contributed by atoms with E-state index in [0.717, 1.165) is 31.3 Å². The summed E-state index contributed by atoms with van der Waals surface area (Å²) >= 11 is 0. The molecule has 1 saturated carbocycles. The highest BCUT2D eigenvalue weighted by atomic mass is 14.9. The van der Waals surface area contributed by atoms with Crippen LogP contribution >= 0.6 is 0 Å². The summed E-state index contributed by atoms with van der Waals surface area (Å²) in [5.74, 6) is 0.928. The molecule has 0 saturated heterocycles. The highest BCUT2D eigenvalue weighted by Gasteiger charge is 2.20. The standard InChI is InChI=1S/C11H24N2/c1-3-10(12)6-7-13-11-5-4-9(2)8-11/h9-11,13H,3-8,12H2,1-2H3. The summed E-state index contributed by atoms with van der Waals surface area (Å²) in [4.78, 5) is 0. The molecule has 2 nitrogen and oxygen atoms in total. The molecule has 2 heteroatoms. The minimum Gasteiger partial charge on any atom is -0.328 e. The smallest absolute Gasteiger partial charge is 0.00697 e. The highest BCUT2D eigenvalue weighted by Crippen LogP contribution is 2.24. The Balaban J connectivity index is 2.00. The van der Waals surface area contributed by atoms with Crippen molar-refractivity contribution in [1.82, 2.24) is 5.32 Å². The molecule has 0 aromatic rings. The van der Waals surface area contributed by atoms with Gasteiger partial charge in [-0.15, -0.1) is 0 Å². The average Bonchev–Trinajstić information content (AvgIpc) is 2.51. The summed E-state index contributed by atoms with van der Waals surface area (Å²) in [6.07, 6.45) is 6.35. The van der Waals surface area contributed by atoms with Gasteiger partial charge in [-0.2, -0.15) is 0 Å². The summed E-state index contributed by atoms with van der Waals surface area (Å²) < 4.78 is 0. The normalized spacial score (nSPS) is 30.7. The summed E-state index contributed by atoms with van der Waals surface area (Å²) in [5.41, 5.74) is 5.85. The van der Waals surface area contributed by atoms with E-state index in [0.29, 0.717) is 6.04 Å². The average molecular weight is 184 g/mol. The first-order valence-corrected chi connectivity index (χ1v) is 5.71. The van der Waals surface area contributed by atoms with E-state index in [4.69, 9.17) is 5.73 Å². The van der Waals surface area contributed by atoms with Gasteiger partial charge in [-0.25, -0.2) is 0 Å². The van der Waals surface area contributed by atoms with Crippen LogP contribution in [0.3, 0.4) is 0 Å². The van der Waals surface area contributed by atoms with E-state index >= 15 is 0 Å². The van der Waals surface area contributed by atoms with Crippen LogP contribution in [0.1, 0.15) is 46.0 Å². The maximum absolute atomic E-state index is 5.85. The van der Waals surface area contributed by atoms with Crippen LogP contribution in [-0.2, 0) is 0 Å². The molecule has 1 aliphatic carbocycles. The van der Waals surface area contributed by atoms with Gasteiger partial charge in [0.25, 0.3) is 0 Å². The second-order valence-corrected chi connectivity index (χ2v) is 4.53. The lowest BCUT2D eigenvalue weighted by Crippen LogP contribution is -2.31. The van der Waals surface area contributed by atoms with Gasteiger partial charge >= 0.3 is 0 Å². The van der Waals surface area contributed by atoms with Gasteiger partial charge in [0.05, 0.1) is 0 Å². The minimum absolute atomic E-state index is 0.395. The highest BCUT2D eigenvalue weighted by molar-refractivity contribution is 4.78. The number of hydrogen-bond acceptors (Lipinski definition) is 2. The predicted molar refractivity (Wildman–Crippen MR) is 57.7 cm³/mol. The molecule has 0 bridgehead atoms. The first-order valence-electron chi connectivity index (χ1n) is 5.71. The van der Waals surface area contributed by atoms with Gasteiger partial charge < -0.3 is 11.1 Å². The van der Waals surface area contributed by atoms with E-state index in [-0.39, 0.29) is 0 Å². The number of rotatable bonds is 5. The van der Waals surface area contributed by atoms with Crippen molar-refractivity contribution < 1.29 is 0 Å². The molecule has 78 valence electrons. The van der Waals surface area contributed by atoms with E-state index in [2.05, 4.69) is 19.2 Å². The zero-order valence-electron chi connectivity index (χ0n) is 9.05. The van der Waals surface area contributed by atoms with Crippen LogP contribution in [0.2, 0.25) is 0 Å². The Kier molecular flexibility index (Phi) is 4.74. The lowest BCUT2D eigenvalue weighted by atomic mass is 10.1. The molecule has 3 unspecified atom stereocenters. The molecule has 0 aromatic carbocycles. The van der Waals surface area contributed by atoms with Crippen molar-refractivity contribution in [3.63, 3.8) is 0 Å². The molecular formula is C11H24N2. The molecule has 0 aliphatic heterocycles. The minimum atomic E-state index is 0.395. The van der Waals surface area contributed by atoms with Crippen LogP contribution in [0.4, 0.5) is 0 Å². The van der Waals surface area contributed by atoms with Crippen LogP contribution in [0.15, 0.2) is 0 Å². The number of hydrogen-bond donors (Lipinski definition) is 2. The van der Waals surface area contributed by atoms with Crippen molar-refractivity contribution in [1.29, 1.82) is 0 Å². The largest absolute Gasteiger partial charge is 0.328 e. The zero-order valence-corrected chi connectivity index (χ0v) is 9.05. The zero-order chi connectivity index (χ0) is 9.68. The molecule has 1 aliphatic rings. The molecule has 0 radical (unpaired) electrons. The summed E-state index contributed by atoms with van der Waals surface area (Å²) in [6.45, 7) is 5.61. The van der Waals surface area contributed by atoms with Crippen LogP contribution in [0.5, 0.6) is 0 Å². The first-order chi connectivity index (χ1) is 6.22. The maximum atomic E-state index is 5.85. The van der Waals surface area contributed by atoms with Gasteiger partial charge in [0.1, 0.15) is 0 Å². The second kappa shape index (κ2) is 5.61. The van der Waals surface area contributed by atoms with Crippen molar-refractivity contribution in [3.05, 3.63) is 0 Å². The SMILES string of the molecule is CCC(N)CCNC1CCC(C)C1. The van der Waals surface area contributed by atoms with Gasteiger partial charge in [-0.05, 0) is 44.6 Å². The van der Waals surface area contributed by atoms with Gasteiger partial charge in [-0.1, -0.05) is 13.8 Å². The topological polar surface area (TPSA) is 38.0 Å². The lowest BCUT2D eigenvalue weighted by molar-refractivity contribution is 0.471. The monoisotopic (exact) mass is 184 g/mol. The molecule has 0 heterocycles. The van der Waals surface area contributed by atoms with Gasteiger partial charge in [-0.3, -0.25) is 0 Å². The Morgan fingerprint density at radius 2 is 2.23 bits per heavy atom. The fourth-order valence-corrected chi connectivity index (χ4v) is 2.07. The number of nitrogens with two attached hydrogens (primary N) is 1. The van der Waals surface area contributed by atoms with E-state index < -0.39 is 0 Å². The fourth-order valence-electron chi connectivity index (χ4n) is 2.07. The van der Waals surface area contributed by atoms with E-state index in [1.54, 1.807) is 0 Å². The molecule has 0 amide bonds. The molecule has 0 spiro atoms. The van der Waals surface area contributed by atoms with Gasteiger partial charge in [0.2, 0.25) is 0 Å². The van der Waals surface area contributed by atoms with Crippen LogP contribution < -0.4 is 11.1 Å². The van der Waals surface area contributed by atoms with E-state index in [1.165, 1.54) is 19.3 Å². The molecule has 0 aromatic heterocycles. The Bertz CT molecular complexity index is 136. The van der Waals surface area contributed by atoms with Crippen LogP contribution in [-0.4, -0.2) is 18.6 Å². The molecule has 13 heavy (non-hydrogen) atoms. The van der Waals surface area contributed by atoms with Crippen molar-refractivity contribution in [3.8, 4) is 0 Å². The lowest BCUT2D eigenvalue weighted by Gasteiger charge is -2.14. The van der Waals surface area contributed by atoms with E-state index in [1.807, 2.05) is 0 Å². The van der Waals surface area contributed by atoms with Crippen molar-refractivity contribution in [2.24, 2.45) is 11.7 Å². The molecule has 1 rings (SSSR count). The third-order valence-corrected chi connectivity index (χ3v) is 3.17. The van der Waals surface area contributed by atoms with E-state index in [9.17, 15) is 0 Å². The Hall–Kier alpha value is -0.0800. The molecular weight excluding hydrogens is 160 g/mol. The van der Waals surface area contributed by atoms with Crippen LogP contribution in [0, 0.1) is 5.92 Å². The molecule has 3 N–H and O–H groups in total. The number of nitrogens with one attached hydrogen (secondary N) is 1. The van der Waals surface area contributed by atoms with Gasteiger partial charge in [0, 0.05) is 12.1 Å². The Labute approximate surface area is 82.3 Å². The van der Waals surface area contributed by atoms with Gasteiger partial charge in [0.15, 0.2) is 0 Å². The maximum Gasteiger partial charge on any atom is 0.00697 e. The summed E-state index contributed by atoms with van der Waals surface area (Å²) in [7, 11) is 0. The third-order valence-electron chi connectivity index (χ3n) is 3.17. The molecule has 1 fully saturated rings. The fraction of sp³-hybridized carbons (Fsp3) is 1.00. The quantitative estimate of drug-likeness (QED) is 0.685. The van der Waals surface area contributed by atoms with Crippen molar-refractivity contribution in [2.75, 3.05) is 6.54 Å².